The summed E-state index contributed by atoms with van der Waals surface area (Å²) >= 11 is 0. The zero-order chi connectivity index (χ0) is 9.40. The highest BCUT2D eigenvalue weighted by Crippen LogP contribution is 1.93. The van der Waals surface area contributed by atoms with Gasteiger partial charge in [-0.2, -0.15) is 0 Å². The van der Waals surface area contributed by atoms with Crippen molar-refractivity contribution in [3.05, 3.63) is 0 Å². The van der Waals surface area contributed by atoms with Gasteiger partial charge in [0.05, 0.1) is 0 Å². The molecule has 0 saturated carbocycles. The van der Waals surface area contributed by atoms with Gasteiger partial charge in [0.1, 0.15) is 0 Å². The third-order valence-electron chi connectivity index (χ3n) is 1.63. The Kier molecular flexibility index (Phi) is 6.53. The Hall–Kier alpha value is -0.730. The van der Waals surface area contributed by atoms with E-state index in [0.717, 1.165) is 32.5 Å². The van der Waals surface area contributed by atoms with Crippen molar-refractivity contribution in [1.29, 1.82) is 0 Å². The summed E-state index contributed by atoms with van der Waals surface area (Å²) in [5, 5.41) is 0. The lowest BCUT2D eigenvalue weighted by Gasteiger charge is -2.21. The monoisotopic (exact) mass is 171 g/mol. The number of aliphatic imine (C=N–C) groups is 1. The van der Waals surface area contributed by atoms with Gasteiger partial charge in [0.2, 0.25) is 0 Å². The maximum atomic E-state index is 5.78. The molecule has 0 saturated heterocycles. The molecule has 0 aliphatic carbocycles. The van der Waals surface area contributed by atoms with Crippen molar-refractivity contribution in [3.63, 3.8) is 0 Å². The van der Waals surface area contributed by atoms with Gasteiger partial charge in [0.15, 0.2) is 5.96 Å². The van der Waals surface area contributed by atoms with Crippen LogP contribution in [-0.2, 0) is 0 Å². The standard InChI is InChI=1S/C9H21N3/c1-4-7-12(8-5-2)9(10)11-6-3/h4-8H2,1-3H3,(H2,10,11). The van der Waals surface area contributed by atoms with Crippen LogP contribution in [0.4, 0.5) is 0 Å². The molecule has 0 fully saturated rings. The molecule has 3 heteroatoms. The fraction of sp³-hybridized carbons (Fsp3) is 0.889. The van der Waals surface area contributed by atoms with Crippen molar-refractivity contribution in [2.45, 2.75) is 33.6 Å². The predicted molar refractivity (Wildman–Crippen MR) is 54.3 cm³/mol. The quantitative estimate of drug-likeness (QED) is 0.502. The molecule has 2 N–H and O–H groups in total. The van der Waals surface area contributed by atoms with Gasteiger partial charge < -0.3 is 10.6 Å². The average Bonchev–Trinajstić information content (AvgIpc) is 2.04. The van der Waals surface area contributed by atoms with Crippen LogP contribution in [0, 0.1) is 0 Å². The first-order valence-corrected chi connectivity index (χ1v) is 4.81. The molecule has 0 aliphatic rings. The Bertz CT molecular complexity index is 126. The van der Waals surface area contributed by atoms with Gasteiger partial charge in [-0.3, -0.25) is 4.99 Å². The van der Waals surface area contributed by atoms with Crippen molar-refractivity contribution < 1.29 is 0 Å². The van der Waals surface area contributed by atoms with Crippen LogP contribution >= 0.6 is 0 Å². The van der Waals surface area contributed by atoms with Crippen LogP contribution in [0.25, 0.3) is 0 Å². The minimum atomic E-state index is 0.696. The molecular weight excluding hydrogens is 150 g/mol. The normalized spacial score (nSPS) is 11.8. The van der Waals surface area contributed by atoms with E-state index in [0.29, 0.717) is 5.96 Å². The highest BCUT2D eigenvalue weighted by atomic mass is 15.2. The lowest BCUT2D eigenvalue weighted by molar-refractivity contribution is 0.411. The first kappa shape index (κ1) is 11.3. The molecular formula is C9H21N3. The minimum Gasteiger partial charge on any atom is -0.370 e. The van der Waals surface area contributed by atoms with Crippen LogP contribution in [0.3, 0.4) is 0 Å². The van der Waals surface area contributed by atoms with Gasteiger partial charge in [0.25, 0.3) is 0 Å². The van der Waals surface area contributed by atoms with E-state index in [1.54, 1.807) is 0 Å². The van der Waals surface area contributed by atoms with E-state index in [1.807, 2.05) is 6.92 Å². The molecule has 0 radical (unpaired) electrons. The number of guanidine groups is 1. The second-order valence-corrected chi connectivity index (χ2v) is 2.82. The highest BCUT2D eigenvalue weighted by Gasteiger charge is 2.03. The fourth-order valence-corrected chi connectivity index (χ4v) is 1.14. The molecule has 0 spiro atoms. The fourth-order valence-electron chi connectivity index (χ4n) is 1.14. The summed E-state index contributed by atoms with van der Waals surface area (Å²) in [5.74, 6) is 0.696. The maximum Gasteiger partial charge on any atom is 0.191 e. The van der Waals surface area contributed by atoms with Crippen molar-refractivity contribution in [1.82, 2.24) is 4.90 Å². The van der Waals surface area contributed by atoms with Crippen molar-refractivity contribution in [2.75, 3.05) is 19.6 Å². The second-order valence-electron chi connectivity index (χ2n) is 2.82. The number of nitrogens with two attached hydrogens (primary N) is 1. The van der Waals surface area contributed by atoms with E-state index in [1.165, 1.54) is 0 Å². The highest BCUT2D eigenvalue weighted by molar-refractivity contribution is 5.77. The van der Waals surface area contributed by atoms with E-state index in [2.05, 4.69) is 23.7 Å². The first-order valence-electron chi connectivity index (χ1n) is 4.81. The Labute approximate surface area is 75.7 Å². The topological polar surface area (TPSA) is 41.6 Å². The number of hydrogen-bond donors (Lipinski definition) is 1. The summed E-state index contributed by atoms with van der Waals surface area (Å²) in [6.45, 7) is 9.12. The smallest absolute Gasteiger partial charge is 0.191 e. The lowest BCUT2D eigenvalue weighted by atomic mass is 10.4. The molecule has 0 bridgehead atoms. The van der Waals surface area contributed by atoms with Gasteiger partial charge in [-0.15, -0.1) is 0 Å². The molecule has 0 aromatic carbocycles. The van der Waals surface area contributed by atoms with Crippen LogP contribution in [-0.4, -0.2) is 30.5 Å². The largest absolute Gasteiger partial charge is 0.370 e. The third-order valence-corrected chi connectivity index (χ3v) is 1.63. The zero-order valence-corrected chi connectivity index (χ0v) is 8.51. The Morgan fingerprint density at radius 2 is 1.67 bits per heavy atom. The van der Waals surface area contributed by atoms with E-state index in [-0.39, 0.29) is 0 Å². The van der Waals surface area contributed by atoms with E-state index in [9.17, 15) is 0 Å². The average molecular weight is 171 g/mol. The predicted octanol–water partition coefficient (Wildman–Crippen LogP) is 1.44. The summed E-state index contributed by atoms with van der Waals surface area (Å²) < 4.78 is 0. The summed E-state index contributed by atoms with van der Waals surface area (Å²) in [6, 6.07) is 0. The first-order chi connectivity index (χ1) is 5.76. The molecule has 0 aliphatic heterocycles. The molecule has 0 rings (SSSR count). The molecule has 0 unspecified atom stereocenters. The third kappa shape index (κ3) is 4.21. The molecule has 72 valence electrons. The van der Waals surface area contributed by atoms with Crippen molar-refractivity contribution >= 4 is 5.96 Å². The van der Waals surface area contributed by atoms with Crippen LogP contribution < -0.4 is 5.73 Å². The molecule has 0 heterocycles. The molecule has 0 amide bonds. The van der Waals surface area contributed by atoms with Crippen LogP contribution in [0.1, 0.15) is 33.6 Å². The summed E-state index contributed by atoms with van der Waals surface area (Å²) in [7, 11) is 0. The minimum absolute atomic E-state index is 0.696. The van der Waals surface area contributed by atoms with E-state index >= 15 is 0 Å². The van der Waals surface area contributed by atoms with Crippen LogP contribution in [0.15, 0.2) is 4.99 Å². The molecule has 0 aromatic heterocycles. The van der Waals surface area contributed by atoms with Gasteiger partial charge in [-0.05, 0) is 19.8 Å². The van der Waals surface area contributed by atoms with Gasteiger partial charge in [-0.1, -0.05) is 13.8 Å². The van der Waals surface area contributed by atoms with Gasteiger partial charge >= 0.3 is 0 Å². The Morgan fingerprint density at radius 1 is 1.17 bits per heavy atom. The molecule has 0 atom stereocenters. The van der Waals surface area contributed by atoms with Crippen molar-refractivity contribution in [2.24, 2.45) is 10.7 Å². The maximum absolute atomic E-state index is 5.78. The van der Waals surface area contributed by atoms with E-state index < -0.39 is 0 Å². The lowest BCUT2D eigenvalue weighted by Crippen LogP contribution is -2.38. The second kappa shape index (κ2) is 6.95. The van der Waals surface area contributed by atoms with Crippen LogP contribution in [0.2, 0.25) is 0 Å². The van der Waals surface area contributed by atoms with Gasteiger partial charge in [-0.25, -0.2) is 0 Å². The summed E-state index contributed by atoms with van der Waals surface area (Å²) in [6.07, 6.45) is 2.25. The zero-order valence-electron chi connectivity index (χ0n) is 8.51. The van der Waals surface area contributed by atoms with Gasteiger partial charge in [0, 0.05) is 19.6 Å². The SMILES string of the molecule is CCCN(CCC)C(N)=NCC. The van der Waals surface area contributed by atoms with Crippen molar-refractivity contribution in [3.8, 4) is 0 Å². The summed E-state index contributed by atoms with van der Waals surface area (Å²) in [4.78, 5) is 6.32. The van der Waals surface area contributed by atoms with Crippen LogP contribution in [0.5, 0.6) is 0 Å². The summed E-state index contributed by atoms with van der Waals surface area (Å²) in [5.41, 5.74) is 5.78. The molecule has 0 aromatic rings. The number of rotatable bonds is 5. The Balaban J connectivity index is 3.98. The molecule has 12 heavy (non-hydrogen) atoms. The number of nitrogens with zero attached hydrogens (tertiary/aromatic N) is 2. The Morgan fingerprint density at radius 3 is 2.00 bits per heavy atom. The molecule has 3 nitrogen and oxygen atoms in total. The van der Waals surface area contributed by atoms with E-state index in [4.69, 9.17) is 5.73 Å². The number of hydrogen-bond acceptors (Lipinski definition) is 1.